The molecule has 1 saturated heterocycles. The zero-order chi connectivity index (χ0) is 20.8. The van der Waals surface area contributed by atoms with Crippen LogP contribution in [0.5, 0.6) is 0 Å². The van der Waals surface area contributed by atoms with Gasteiger partial charge in [0.1, 0.15) is 12.7 Å². The fourth-order valence-corrected chi connectivity index (χ4v) is 2.54. The molecule has 0 radical (unpaired) electrons. The second-order valence-corrected chi connectivity index (χ2v) is 5.72. The van der Waals surface area contributed by atoms with E-state index < -0.39 is 48.3 Å². The smallest absolute Gasteiger partial charge is 0.379 e. The molecule has 2 heterocycles. The second kappa shape index (κ2) is 9.26. The lowest BCUT2D eigenvalue weighted by Crippen LogP contribution is -2.40. The third-order valence-corrected chi connectivity index (χ3v) is 3.51. The van der Waals surface area contributed by atoms with Gasteiger partial charge in [0, 0.05) is 20.8 Å². The van der Waals surface area contributed by atoms with Crippen molar-refractivity contribution < 1.29 is 47.4 Å². The highest BCUT2D eigenvalue weighted by atomic mass is 16.7. The summed E-state index contributed by atoms with van der Waals surface area (Å²) in [5.41, 5.74) is 0. The maximum Gasteiger partial charge on any atom is 0.379 e. The summed E-state index contributed by atoms with van der Waals surface area (Å²) in [5.74, 6) is -3.30. The van der Waals surface area contributed by atoms with Crippen LogP contribution in [0.4, 0.5) is 0 Å². The second-order valence-electron chi connectivity index (χ2n) is 5.72. The largest absolute Gasteiger partial charge is 0.463 e. The summed E-state index contributed by atoms with van der Waals surface area (Å²) in [4.78, 5) is 49.8. The third-order valence-electron chi connectivity index (χ3n) is 3.51. The Hall–Kier alpha value is -3.02. The SMILES string of the molecule is CCOC(=O)c1noc([C@@H]2O[C@H](COC(C)=O)[C@@H](OC(C)=O)[C@H]2OC(C)=O)n1. The molecule has 0 aliphatic carbocycles. The molecule has 0 amide bonds. The van der Waals surface area contributed by atoms with Gasteiger partial charge in [-0.25, -0.2) is 4.79 Å². The lowest BCUT2D eigenvalue weighted by Gasteiger charge is -2.22. The Kier molecular flexibility index (Phi) is 7.04. The van der Waals surface area contributed by atoms with Crippen LogP contribution in [0.1, 0.15) is 50.3 Å². The molecule has 154 valence electrons. The summed E-state index contributed by atoms with van der Waals surface area (Å²) >= 11 is 0. The van der Waals surface area contributed by atoms with Crippen molar-refractivity contribution in [3.8, 4) is 0 Å². The van der Waals surface area contributed by atoms with Gasteiger partial charge >= 0.3 is 23.9 Å². The van der Waals surface area contributed by atoms with Gasteiger partial charge in [-0.05, 0) is 12.1 Å². The Balaban J connectivity index is 2.31. The van der Waals surface area contributed by atoms with Crippen LogP contribution in [0.15, 0.2) is 4.52 Å². The number of ether oxygens (including phenoxy) is 5. The molecular weight excluding hydrogens is 380 g/mol. The molecule has 0 spiro atoms. The van der Waals surface area contributed by atoms with E-state index in [-0.39, 0.29) is 24.9 Å². The molecule has 28 heavy (non-hydrogen) atoms. The average molecular weight is 400 g/mol. The molecule has 1 aromatic rings. The van der Waals surface area contributed by atoms with Crippen LogP contribution in [0.25, 0.3) is 0 Å². The fourth-order valence-electron chi connectivity index (χ4n) is 2.54. The van der Waals surface area contributed by atoms with E-state index in [0.29, 0.717) is 0 Å². The van der Waals surface area contributed by atoms with Crippen molar-refractivity contribution in [3.63, 3.8) is 0 Å². The van der Waals surface area contributed by atoms with Gasteiger partial charge in [-0.2, -0.15) is 4.98 Å². The average Bonchev–Trinajstić information content (AvgIpc) is 3.19. The zero-order valence-corrected chi connectivity index (χ0v) is 15.7. The maximum absolute atomic E-state index is 11.7. The summed E-state index contributed by atoms with van der Waals surface area (Å²) in [7, 11) is 0. The number of carbonyl (C=O) groups is 4. The quantitative estimate of drug-likeness (QED) is 0.451. The van der Waals surface area contributed by atoms with Crippen LogP contribution in [-0.2, 0) is 38.1 Å². The third kappa shape index (κ3) is 5.25. The molecule has 12 nitrogen and oxygen atoms in total. The summed E-state index contributed by atoms with van der Waals surface area (Å²) in [5, 5.41) is 3.50. The van der Waals surface area contributed by atoms with Crippen LogP contribution in [-0.4, -0.2) is 65.5 Å². The van der Waals surface area contributed by atoms with Crippen LogP contribution in [0.2, 0.25) is 0 Å². The van der Waals surface area contributed by atoms with Gasteiger partial charge in [-0.1, -0.05) is 0 Å². The Morgan fingerprint density at radius 1 is 0.964 bits per heavy atom. The van der Waals surface area contributed by atoms with Gasteiger partial charge in [0.15, 0.2) is 18.3 Å². The van der Waals surface area contributed by atoms with Crippen molar-refractivity contribution in [3.05, 3.63) is 11.7 Å². The number of rotatable bonds is 7. The van der Waals surface area contributed by atoms with Crippen molar-refractivity contribution in [2.75, 3.05) is 13.2 Å². The zero-order valence-electron chi connectivity index (χ0n) is 15.7. The van der Waals surface area contributed by atoms with Gasteiger partial charge in [-0.3, -0.25) is 14.4 Å². The number of esters is 4. The molecule has 1 aliphatic rings. The van der Waals surface area contributed by atoms with Crippen molar-refractivity contribution in [2.45, 2.75) is 52.1 Å². The fraction of sp³-hybridized carbons (Fsp3) is 0.625. The van der Waals surface area contributed by atoms with E-state index in [1.54, 1.807) is 6.92 Å². The Morgan fingerprint density at radius 3 is 2.18 bits per heavy atom. The van der Waals surface area contributed by atoms with Crippen LogP contribution >= 0.6 is 0 Å². The lowest BCUT2D eigenvalue weighted by atomic mass is 10.1. The molecule has 1 aromatic heterocycles. The number of nitrogens with zero attached hydrogens (tertiary/aromatic N) is 2. The topological polar surface area (TPSA) is 153 Å². The maximum atomic E-state index is 11.7. The first-order valence-corrected chi connectivity index (χ1v) is 8.36. The van der Waals surface area contributed by atoms with E-state index >= 15 is 0 Å². The highest BCUT2D eigenvalue weighted by molar-refractivity contribution is 5.84. The van der Waals surface area contributed by atoms with Gasteiger partial charge in [-0.15, -0.1) is 0 Å². The summed E-state index contributed by atoms with van der Waals surface area (Å²) in [6.45, 7) is 4.95. The molecule has 0 N–H and O–H groups in total. The van der Waals surface area contributed by atoms with E-state index in [4.69, 9.17) is 28.2 Å². The van der Waals surface area contributed by atoms with Crippen molar-refractivity contribution in [1.29, 1.82) is 0 Å². The van der Waals surface area contributed by atoms with Gasteiger partial charge < -0.3 is 28.2 Å². The number of aromatic nitrogens is 2. The molecule has 12 heteroatoms. The van der Waals surface area contributed by atoms with Crippen molar-refractivity contribution >= 4 is 23.9 Å². The first-order valence-electron chi connectivity index (χ1n) is 8.36. The molecule has 2 rings (SSSR count). The van der Waals surface area contributed by atoms with Gasteiger partial charge in [0.05, 0.1) is 6.61 Å². The molecule has 4 atom stereocenters. The summed E-state index contributed by atoms with van der Waals surface area (Å²) in [6, 6.07) is 0. The number of carbonyl (C=O) groups excluding carboxylic acids is 4. The van der Waals surface area contributed by atoms with Crippen LogP contribution in [0.3, 0.4) is 0 Å². The number of hydrogen-bond donors (Lipinski definition) is 0. The van der Waals surface area contributed by atoms with E-state index in [1.165, 1.54) is 6.92 Å². The monoisotopic (exact) mass is 400 g/mol. The molecule has 0 aromatic carbocycles. The molecule has 1 aliphatic heterocycles. The van der Waals surface area contributed by atoms with E-state index in [0.717, 1.165) is 13.8 Å². The standard InChI is InChI=1S/C16H20N2O10/c1-5-23-16(22)14-17-15(28-18-14)13-12(26-9(4)21)11(25-8(3)20)10(27-13)6-24-7(2)19/h10-13H,5-6H2,1-4H3/t10-,11-,12-,13-/m1/s1. The van der Waals surface area contributed by atoms with Crippen LogP contribution in [0, 0.1) is 0 Å². The Morgan fingerprint density at radius 2 is 1.61 bits per heavy atom. The molecule has 0 bridgehead atoms. The number of hydrogen-bond acceptors (Lipinski definition) is 12. The van der Waals surface area contributed by atoms with E-state index in [2.05, 4.69) is 10.1 Å². The summed E-state index contributed by atoms with van der Waals surface area (Å²) in [6.07, 6.45) is -4.41. The van der Waals surface area contributed by atoms with Gasteiger partial charge in [0.2, 0.25) is 0 Å². The minimum Gasteiger partial charge on any atom is -0.463 e. The molecule has 1 fully saturated rings. The normalized spacial score (nSPS) is 23.7. The Bertz CT molecular complexity index is 746. The predicted octanol–water partition coefficient (Wildman–Crippen LogP) is 0.113. The predicted molar refractivity (Wildman–Crippen MR) is 85.6 cm³/mol. The first kappa shape index (κ1) is 21.3. The Labute approximate surface area is 159 Å². The van der Waals surface area contributed by atoms with E-state index in [1.807, 2.05) is 0 Å². The van der Waals surface area contributed by atoms with Crippen molar-refractivity contribution in [1.82, 2.24) is 10.1 Å². The van der Waals surface area contributed by atoms with Crippen molar-refractivity contribution in [2.24, 2.45) is 0 Å². The highest BCUT2D eigenvalue weighted by Gasteiger charge is 2.52. The molecule has 0 saturated carbocycles. The minimum absolute atomic E-state index is 0.109. The minimum atomic E-state index is -1.17. The lowest BCUT2D eigenvalue weighted by molar-refractivity contribution is -0.165. The molecular formula is C16H20N2O10. The summed E-state index contributed by atoms with van der Waals surface area (Å²) < 4.78 is 30.8. The first-order chi connectivity index (χ1) is 13.2. The van der Waals surface area contributed by atoms with Gasteiger partial charge in [0.25, 0.3) is 11.7 Å². The highest BCUT2D eigenvalue weighted by Crippen LogP contribution is 2.37. The van der Waals surface area contributed by atoms with Crippen LogP contribution < -0.4 is 0 Å². The van der Waals surface area contributed by atoms with E-state index in [9.17, 15) is 19.2 Å². The molecule has 0 unspecified atom stereocenters.